The zero-order valence-electron chi connectivity index (χ0n) is 17.2. The third-order valence-electron chi connectivity index (χ3n) is 5.67. The molecule has 0 spiro atoms. The fourth-order valence-electron chi connectivity index (χ4n) is 4.15. The van der Waals surface area contributed by atoms with Crippen molar-refractivity contribution in [1.29, 1.82) is 0 Å². The summed E-state index contributed by atoms with van der Waals surface area (Å²) in [6.07, 6.45) is 7.87. The summed E-state index contributed by atoms with van der Waals surface area (Å²) >= 11 is 0. The van der Waals surface area contributed by atoms with Crippen molar-refractivity contribution < 1.29 is 9.53 Å². The molecule has 29 heavy (non-hydrogen) atoms. The Hall–Kier alpha value is -1.55. The minimum absolute atomic E-state index is 0. The maximum absolute atomic E-state index is 10.9. The number of nitrogens with two attached hydrogens (primary N) is 1. The molecule has 0 aromatic heterocycles. The molecule has 8 heteroatoms. The van der Waals surface area contributed by atoms with E-state index in [1.807, 2.05) is 24.3 Å². The number of nitrogens with zero attached hydrogens (tertiary/aromatic N) is 2. The van der Waals surface area contributed by atoms with Gasteiger partial charge in [-0.25, -0.2) is 0 Å². The van der Waals surface area contributed by atoms with Crippen LogP contribution in [-0.2, 0) is 11.3 Å². The molecule has 1 aromatic rings. The van der Waals surface area contributed by atoms with Crippen molar-refractivity contribution in [2.45, 2.75) is 57.2 Å². The fourth-order valence-corrected chi connectivity index (χ4v) is 4.15. The lowest BCUT2D eigenvalue weighted by Crippen LogP contribution is -2.50. The summed E-state index contributed by atoms with van der Waals surface area (Å²) in [4.78, 5) is 17.9. The van der Waals surface area contributed by atoms with Crippen LogP contribution in [0.4, 0.5) is 0 Å². The Morgan fingerprint density at radius 3 is 2.62 bits per heavy atom. The van der Waals surface area contributed by atoms with E-state index in [-0.39, 0.29) is 30.6 Å². The maximum Gasteiger partial charge on any atom is 0.255 e. The molecule has 0 atom stereocenters. The van der Waals surface area contributed by atoms with Crippen LogP contribution < -0.4 is 21.1 Å². The van der Waals surface area contributed by atoms with Crippen molar-refractivity contribution in [2.24, 2.45) is 10.7 Å². The molecule has 1 heterocycles. The Morgan fingerprint density at radius 1 is 1.24 bits per heavy atom. The van der Waals surface area contributed by atoms with Crippen LogP contribution in [0.1, 0.15) is 44.1 Å². The third-order valence-corrected chi connectivity index (χ3v) is 5.67. The number of primary amides is 1. The lowest BCUT2D eigenvalue weighted by atomic mass is 10.0. The smallest absolute Gasteiger partial charge is 0.255 e. The second-order valence-electron chi connectivity index (χ2n) is 7.72. The van der Waals surface area contributed by atoms with Gasteiger partial charge in [-0.05, 0) is 43.4 Å². The summed E-state index contributed by atoms with van der Waals surface area (Å²) in [5, 5.41) is 6.93. The lowest BCUT2D eigenvalue weighted by Gasteiger charge is -2.36. The van der Waals surface area contributed by atoms with E-state index >= 15 is 0 Å². The fraction of sp³-hybridized carbons (Fsp3) is 0.619. The molecule has 0 unspecified atom stereocenters. The molecular weight excluding hydrogens is 481 g/mol. The van der Waals surface area contributed by atoms with Crippen LogP contribution in [0.25, 0.3) is 0 Å². The van der Waals surface area contributed by atoms with Crippen LogP contribution >= 0.6 is 24.0 Å². The summed E-state index contributed by atoms with van der Waals surface area (Å²) in [5.41, 5.74) is 6.18. The first-order valence-electron chi connectivity index (χ1n) is 10.4. The Labute approximate surface area is 190 Å². The van der Waals surface area contributed by atoms with Gasteiger partial charge in [-0.2, -0.15) is 0 Å². The van der Waals surface area contributed by atoms with Gasteiger partial charge in [0.25, 0.3) is 5.91 Å². The lowest BCUT2D eigenvalue weighted by molar-refractivity contribution is -0.119. The first-order valence-corrected chi connectivity index (χ1v) is 10.4. The zero-order valence-corrected chi connectivity index (χ0v) is 19.6. The van der Waals surface area contributed by atoms with Gasteiger partial charge in [0.1, 0.15) is 5.75 Å². The first kappa shape index (κ1) is 23.7. The highest BCUT2D eigenvalue weighted by atomic mass is 127. The molecule has 1 aliphatic heterocycles. The number of rotatable bonds is 7. The molecule has 4 N–H and O–H groups in total. The Morgan fingerprint density at radius 2 is 1.97 bits per heavy atom. The number of hydrogen-bond donors (Lipinski definition) is 3. The number of benzene rings is 1. The Kier molecular flexibility index (Phi) is 9.99. The van der Waals surface area contributed by atoms with E-state index in [2.05, 4.69) is 20.5 Å². The average Bonchev–Trinajstić information content (AvgIpc) is 3.25. The molecule has 0 bridgehead atoms. The number of carbonyl (C=O) groups excluding carboxylic acids is 1. The molecule has 1 amide bonds. The summed E-state index contributed by atoms with van der Waals surface area (Å²) in [6, 6.07) is 8.93. The molecule has 2 fully saturated rings. The van der Waals surface area contributed by atoms with Crippen molar-refractivity contribution >= 4 is 35.8 Å². The van der Waals surface area contributed by atoms with Crippen LogP contribution in [0.5, 0.6) is 5.75 Å². The number of likely N-dealkylation sites (tertiary alicyclic amines) is 1. The second kappa shape index (κ2) is 12.2. The largest absolute Gasteiger partial charge is 0.484 e. The number of guanidine groups is 1. The molecule has 7 nitrogen and oxygen atoms in total. The van der Waals surface area contributed by atoms with Gasteiger partial charge in [-0.1, -0.05) is 25.0 Å². The molecule has 2 aliphatic rings. The van der Waals surface area contributed by atoms with E-state index in [1.54, 1.807) is 7.05 Å². The molecule has 1 aliphatic carbocycles. The molecular formula is C21H34IN5O2. The topological polar surface area (TPSA) is 92.0 Å². The van der Waals surface area contributed by atoms with Crippen molar-refractivity contribution in [1.82, 2.24) is 15.5 Å². The van der Waals surface area contributed by atoms with Crippen LogP contribution in [0, 0.1) is 0 Å². The highest BCUT2D eigenvalue weighted by Gasteiger charge is 2.27. The van der Waals surface area contributed by atoms with Gasteiger partial charge in [-0.3, -0.25) is 9.79 Å². The molecule has 1 saturated heterocycles. The normalized spacial score (nSPS) is 18.9. The van der Waals surface area contributed by atoms with Crippen molar-refractivity contribution in [2.75, 3.05) is 26.7 Å². The Bertz CT molecular complexity index is 671. The van der Waals surface area contributed by atoms with Crippen LogP contribution in [0.2, 0.25) is 0 Å². The maximum atomic E-state index is 10.9. The predicted octanol–water partition coefficient (Wildman–Crippen LogP) is 2.24. The standard InChI is InChI=1S/C21H33N5O2.HI/c1-23-21(24-14-16-5-4-8-19(13-16)28-15-20(22)27)25-17-9-11-26(12-10-17)18-6-2-3-7-18;/h4-5,8,13,17-18H,2-3,6-7,9-12,14-15H2,1H3,(H2,22,27)(H2,23,24,25);1H. The van der Waals surface area contributed by atoms with Gasteiger partial charge < -0.3 is 26.0 Å². The number of hydrogen-bond acceptors (Lipinski definition) is 4. The van der Waals surface area contributed by atoms with E-state index in [0.717, 1.165) is 30.4 Å². The summed E-state index contributed by atoms with van der Waals surface area (Å²) < 4.78 is 5.36. The summed E-state index contributed by atoms with van der Waals surface area (Å²) in [6.45, 7) is 2.88. The number of carbonyl (C=O) groups is 1. The average molecular weight is 515 g/mol. The number of aliphatic imine (C=N–C) groups is 1. The number of ether oxygens (including phenoxy) is 1. The van der Waals surface area contributed by atoms with Crippen molar-refractivity contribution in [3.8, 4) is 5.75 Å². The van der Waals surface area contributed by atoms with E-state index in [9.17, 15) is 4.79 Å². The van der Waals surface area contributed by atoms with Crippen LogP contribution in [0.15, 0.2) is 29.3 Å². The summed E-state index contributed by atoms with van der Waals surface area (Å²) in [7, 11) is 1.80. The molecule has 1 aromatic carbocycles. The predicted molar refractivity (Wildman–Crippen MR) is 127 cm³/mol. The minimum atomic E-state index is -0.480. The van der Waals surface area contributed by atoms with Crippen molar-refractivity contribution in [3.05, 3.63) is 29.8 Å². The van der Waals surface area contributed by atoms with Gasteiger partial charge in [0.15, 0.2) is 12.6 Å². The van der Waals surface area contributed by atoms with E-state index in [4.69, 9.17) is 10.5 Å². The Balaban J connectivity index is 0.00000300. The second-order valence-corrected chi connectivity index (χ2v) is 7.72. The number of piperidine rings is 1. The highest BCUT2D eigenvalue weighted by molar-refractivity contribution is 14.0. The molecule has 1 saturated carbocycles. The van der Waals surface area contributed by atoms with Gasteiger partial charge in [-0.15, -0.1) is 24.0 Å². The quantitative estimate of drug-likeness (QED) is 0.295. The third kappa shape index (κ3) is 7.65. The molecule has 162 valence electrons. The van der Waals surface area contributed by atoms with E-state index < -0.39 is 5.91 Å². The van der Waals surface area contributed by atoms with Gasteiger partial charge in [0.2, 0.25) is 0 Å². The zero-order chi connectivity index (χ0) is 19.8. The van der Waals surface area contributed by atoms with E-state index in [0.29, 0.717) is 18.3 Å². The molecule has 0 radical (unpaired) electrons. The first-order chi connectivity index (χ1) is 13.6. The molecule has 3 rings (SSSR count). The number of nitrogens with one attached hydrogen (secondary N) is 2. The highest BCUT2D eigenvalue weighted by Crippen LogP contribution is 2.26. The van der Waals surface area contributed by atoms with Gasteiger partial charge in [0, 0.05) is 38.8 Å². The van der Waals surface area contributed by atoms with Crippen LogP contribution in [-0.4, -0.2) is 55.6 Å². The SMILES string of the molecule is CN=C(NCc1cccc(OCC(N)=O)c1)NC1CCN(C2CCCC2)CC1.I. The van der Waals surface area contributed by atoms with Gasteiger partial charge >= 0.3 is 0 Å². The monoisotopic (exact) mass is 515 g/mol. The van der Waals surface area contributed by atoms with Crippen LogP contribution in [0.3, 0.4) is 0 Å². The summed E-state index contributed by atoms with van der Waals surface area (Å²) in [5.74, 6) is 0.982. The number of halogens is 1. The number of amides is 1. The minimum Gasteiger partial charge on any atom is -0.484 e. The van der Waals surface area contributed by atoms with Crippen molar-refractivity contribution in [3.63, 3.8) is 0 Å². The van der Waals surface area contributed by atoms with Gasteiger partial charge in [0.05, 0.1) is 0 Å². The van der Waals surface area contributed by atoms with E-state index in [1.165, 1.54) is 38.8 Å².